The summed E-state index contributed by atoms with van der Waals surface area (Å²) in [6.45, 7) is 3.54. The van der Waals surface area contributed by atoms with Crippen molar-refractivity contribution in [1.29, 1.82) is 0 Å². The first-order valence-corrected chi connectivity index (χ1v) is 7.94. The van der Waals surface area contributed by atoms with Crippen molar-refractivity contribution in [2.45, 2.75) is 26.7 Å². The van der Waals surface area contributed by atoms with E-state index in [4.69, 9.17) is 16.3 Å². The number of halogens is 1. The van der Waals surface area contributed by atoms with Crippen molar-refractivity contribution in [3.63, 3.8) is 0 Å². The van der Waals surface area contributed by atoms with Crippen LogP contribution in [-0.2, 0) is 27.8 Å². The Hall–Kier alpha value is -2.34. The third-order valence-electron chi connectivity index (χ3n) is 3.71. The number of anilines is 1. The number of nitrogens with zero attached hydrogens (tertiary/aromatic N) is 2. The van der Waals surface area contributed by atoms with Crippen molar-refractivity contribution in [2.75, 3.05) is 11.9 Å². The lowest BCUT2D eigenvalue weighted by atomic mass is 10.1. The molecule has 0 bridgehead atoms. The van der Waals surface area contributed by atoms with Crippen molar-refractivity contribution in [1.82, 2.24) is 9.78 Å². The predicted molar refractivity (Wildman–Crippen MR) is 92.0 cm³/mol. The van der Waals surface area contributed by atoms with E-state index in [0.717, 1.165) is 17.0 Å². The number of aromatic nitrogens is 2. The summed E-state index contributed by atoms with van der Waals surface area (Å²) in [5, 5.41) is 7.45. The minimum atomic E-state index is -0.418. The lowest BCUT2D eigenvalue weighted by Gasteiger charge is -2.07. The number of ether oxygens (including phenoxy) is 1. The van der Waals surface area contributed by atoms with Crippen LogP contribution in [0.25, 0.3) is 0 Å². The molecule has 0 spiro atoms. The second-order valence-electron chi connectivity index (χ2n) is 5.49. The molecule has 0 saturated carbocycles. The molecule has 1 amide bonds. The molecule has 0 aliphatic rings. The van der Waals surface area contributed by atoms with Gasteiger partial charge in [0.2, 0.25) is 0 Å². The maximum atomic E-state index is 11.8. The first kappa shape index (κ1) is 18.0. The number of carbonyl (C=O) groups is 2. The van der Waals surface area contributed by atoms with E-state index in [9.17, 15) is 9.59 Å². The molecule has 0 fully saturated rings. The molecule has 0 aliphatic heterocycles. The Balaban J connectivity index is 1.77. The van der Waals surface area contributed by atoms with Gasteiger partial charge in [-0.15, -0.1) is 0 Å². The standard InChI is InChI=1S/C17H20ClN3O3/c1-11-15(12(2)21(3)20-11)7-8-17(23)24-10-16(22)19-14-6-4-5-13(18)9-14/h4-6,9H,7-8,10H2,1-3H3,(H,19,22). The molecule has 1 aromatic heterocycles. The maximum Gasteiger partial charge on any atom is 0.306 e. The highest BCUT2D eigenvalue weighted by molar-refractivity contribution is 6.30. The van der Waals surface area contributed by atoms with Crippen LogP contribution in [0.15, 0.2) is 24.3 Å². The van der Waals surface area contributed by atoms with Crippen LogP contribution < -0.4 is 5.32 Å². The van der Waals surface area contributed by atoms with Gasteiger partial charge in [-0.1, -0.05) is 17.7 Å². The summed E-state index contributed by atoms with van der Waals surface area (Å²) in [6, 6.07) is 6.76. The van der Waals surface area contributed by atoms with Gasteiger partial charge in [-0.05, 0) is 44.0 Å². The fraction of sp³-hybridized carbons (Fsp3) is 0.353. The maximum absolute atomic E-state index is 11.8. The molecule has 2 aromatic rings. The van der Waals surface area contributed by atoms with Gasteiger partial charge in [0, 0.05) is 29.9 Å². The zero-order chi connectivity index (χ0) is 17.7. The van der Waals surface area contributed by atoms with Crippen molar-refractivity contribution < 1.29 is 14.3 Å². The molecule has 24 heavy (non-hydrogen) atoms. The van der Waals surface area contributed by atoms with Crippen LogP contribution in [0.4, 0.5) is 5.69 Å². The molecule has 1 heterocycles. The predicted octanol–water partition coefficient (Wildman–Crippen LogP) is 2.80. The Labute approximate surface area is 145 Å². The minimum Gasteiger partial charge on any atom is -0.456 e. The topological polar surface area (TPSA) is 73.2 Å². The summed E-state index contributed by atoms with van der Waals surface area (Å²) in [5.41, 5.74) is 3.53. The number of hydrogen-bond donors (Lipinski definition) is 1. The molecule has 0 unspecified atom stereocenters. The monoisotopic (exact) mass is 349 g/mol. The van der Waals surface area contributed by atoms with E-state index >= 15 is 0 Å². The van der Waals surface area contributed by atoms with Crippen LogP contribution in [0.1, 0.15) is 23.4 Å². The van der Waals surface area contributed by atoms with E-state index in [1.165, 1.54) is 0 Å². The van der Waals surface area contributed by atoms with Gasteiger partial charge < -0.3 is 10.1 Å². The van der Waals surface area contributed by atoms with Gasteiger partial charge in [-0.2, -0.15) is 5.10 Å². The van der Waals surface area contributed by atoms with Gasteiger partial charge in [0.15, 0.2) is 6.61 Å². The molecule has 0 aliphatic carbocycles. The largest absolute Gasteiger partial charge is 0.456 e. The van der Waals surface area contributed by atoms with Crippen LogP contribution in [0.2, 0.25) is 5.02 Å². The summed E-state index contributed by atoms with van der Waals surface area (Å²) >= 11 is 5.84. The number of benzene rings is 1. The number of esters is 1. The summed E-state index contributed by atoms with van der Waals surface area (Å²) in [4.78, 5) is 23.6. The number of nitrogens with one attached hydrogen (secondary N) is 1. The normalized spacial score (nSPS) is 10.5. The summed E-state index contributed by atoms with van der Waals surface area (Å²) < 4.78 is 6.79. The highest BCUT2D eigenvalue weighted by atomic mass is 35.5. The van der Waals surface area contributed by atoms with Crippen LogP contribution in [-0.4, -0.2) is 28.3 Å². The van der Waals surface area contributed by atoms with Gasteiger partial charge in [0.25, 0.3) is 5.91 Å². The summed E-state index contributed by atoms with van der Waals surface area (Å²) in [5.74, 6) is -0.821. The van der Waals surface area contributed by atoms with E-state index in [1.54, 1.807) is 28.9 Å². The van der Waals surface area contributed by atoms with Gasteiger partial charge in [0.05, 0.1) is 5.69 Å². The van der Waals surface area contributed by atoms with Gasteiger partial charge in [-0.25, -0.2) is 0 Å². The third-order valence-corrected chi connectivity index (χ3v) is 3.95. The Morgan fingerprint density at radius 2 is 2.08 bits per heavy atom. The van der Waals surface area contributed by atoms with E-state index < -0.39 is 11.9 Å². The van der Waals surface area contributed by atoms with Crippen LogP contribution in [0.5, 0.6) is 0 Å². The molecular formula is C17H20ClN3O3. The lowest BCUT2D eigenvalue weighted by molar-refractivity contribution is -0.147. The molecule has 1 aromatic carbocycles. The summed E-state index contributed by atoms with van der Waals surface area (Å²) in [6.07, 6.45) is 0.748. The van der Waals surface area contributed by atoms with Gasteiger partial charge in [-0.3, -0.25) is 14.3 Å². The molecule has 0 saturated heterocycles. The molecule has 7 heteroatoms. The van der Waals surface area contributed by atoms with Crippen LogP contribution in [0.3, 0.4) is 0 Å². The number of carbonyl (C=O) groups excluding carboxylic acids is 2. The average Bonchev–Trinajstić information content (AvgIpc) is 2.76. The quantitative estimate of drug-likeness (QED) is 0.814. The zero-order valence-corrected chi connectivity index (χ0v) is 14.7. The Bertz CT molecular complexity index is 756. The molecule has 1 N–H and O–H groups in total. The van der Waals surface area contributed by atoms with E-state index in [0.29, 0.717) is 17.1 Å². The molecule has 128 valence electrons. The first-order valence-electron chi connectivity index (χ1n) is 7.57. The third kappa shape index (κ3) is 4.83. The number of amides is 1. The molecular weight excluding hydrogens is 330 g/mol. The molecule has 6 nitrogen and oxygen atoms in total. The Morgan fingerprint density at radius 3 is 2.71 bits per heavy atom. The highest BCUT2D eigenvalue weighted by Gasteiger charge is 2.13. The molecule has 0 atom stereocenters. The summed E-state index contributed by atoms with van der Waals surface area (Å²) in [7, 11) is 1.87. The van der Waals surface area contributed by atoms with Crippen molar-refractivity contribution in [2.24, 2.45) is 7.05 Å². The Kier molecular flexibility index (Phi) is 5.98. The minimum absolute atomic E-state index is 0.206. The van der Waals surface area contributed by atoms with E-state index in [2.05, 4.69) is 10.4 Å². The van der Waals surface area contributed by atoms with Gasteiger partial charge >= 0.3 is 5.97 Å². The van der Waals surface area contributed by atoms with Gasteiger partial charge in [0.1, 0.15) is 0 Å². The number of aryl methyl sites for hydroxylation is 2. The fourth-order valence-corrected chi connectivity index (χ4v) is 2.58. The molecule has 0 radical (unpaired) electrons. The number of rotatable bonds is 6. The van der Waals surface area contributed by atoms with E-state index in [1.807, 2.05) is 20.9 Å². The zero-order valence-electron chi connectivity index (χ0n) is 13.9. The SMILES string of the molecule is Cc1nn(C)c(C)c1CCC(=O)OCC(=O)Nc1cccc(Cl)c1. The second-order valence-corrected chi connectivity index (χ2v) is 5.93. The first-order chi connectivity index (χ1) is 11.4. The van der Waals surface area contributed by atoms with Crippen LogP contribution in [0, 0.1) is 13.8 Å². The Morgan fingerprint density at radius 1 is 1.33 bits per heavy atom. The lowest BCUT2D eigenvalue weighted by Crippen LogP contribution is -2.21. The highest BCUT2D eigenvalue weighted by Crippen LogP contribution is 2.15. The van der Waals surface area contributed by atoms with Crippen molar-refractivity contribution >= 4 is 29.2 Å². The van der Waals surface area contributed by atoms with Crippen LogP contribution >= 0.6 is 11.6 Å². The van der Waals surface area contributed by atoms with E-state index in [-0.39, 0.29) is 13.0 Å². The van der Waals surface area contributed by atoms with Crippen molar-refractivity contribution in [3.8, 4) is 0 Å². The molecule has 2 rings (SSSR count). The second kappa shape index (κ2) is 7.97. The fourth-order valence-electron chi connectivity index (χ4n) is 2.39. The number of hydrogen-bond acceptors (Lipinski definition) is 4. The van der Waals surface area contributed by atoms with Crippen molar-refractivity contribution in [3.05, 3.63) is 46.2 Å². The average molecular weight is 350 g/mol. The smallest absolute Gasteiger partial charge is 0.306 e.